The summed E-state index contributed by atoms with van der Waals surface area (Å²) in [7, 11) is 3.20. The molecule has 0 radical (unpaired) electrons. The first kappa shape index (κ1) is 26.8. The van der Waals surface area contributed by atoms with Gasteiger partial charge in [-0.15, -0.1) is 0 Å². The van der Waals surface area contributed by atoms with Gasteiger partial charge in [-0.05, 0) is 76.2 Å². The normalized spacial score (nSPS) is 11.5. The first-order valence-electron chi connectivity index (χ1n) is 12.6. The minimum atomic E-state index is -1.01. The molecule has 0 aliphatic heterocycles. The topological polar surface area (TPSA) is 54.0 Å². The lowest BCUT2D eigenvalue weighted by Crippen LogP contribution is -2.43. The third-order valence-corrected chi connectivity index (χ3v) is 6.74. The third kappa shape index (κ3) is 5.23. The molecule has 0 saturated carbocycles. The van der Waals surface area contributed by atoms with Gasteiger partial charge in [0.2, 0.25) is 0 Å². The van der Waals surface area contributed by atoms with Crippen molar-refractivity contribution < 1.29 is 23.7 Å². The standard InChI is InChI=1S/C33H34O5/c1-32(2,29-25(35-5)19-13-21-27(29)37-23-15-9-7-10-16-23)31(34)33(3,4)30-26(36-6)20-14-22-28(30)38-24-17-11-8-12-18-24/h7-22H,1-6H3. The monoisotopic (exact) mass is 510 g/mol. The summed E-state index contributed by atoms with van der Waals surface area (Å²) in [5.74, 6) is 3.58. The molecule has 0 N–H and O–H groups in total. The molecule has 0 fully saturated rings. The van der Waals surface area contributed by atoms with Gasteiger partial charge in [0, 0.05) is 11.1 Å². The molecule has 4 aromatic carbocycles. The van der Waals surface area contributed by atoms with Gasteiger partial charge in [0.05, 0.1) is 25.0 Å². The molecule has 0 heterocycles. The zero-order valence-electron chi connectivity index (χ0n) is 22.8. The van der Waals surface area contributed by atoms with E-state index in [9.17, 15) is 4.79 Å². The number of para-hydroxylation sites is 2. The van der Waals surface area contributed by atoms with Crippen LogP contribution in [0.1, 0.15) is 38.8 Å². The average Bonchev–Trinajstić information content (AvgIpc) is 2.93. The molecule has 0 unspecified atom stereocenters. The van der Waals surface area contributed by atoms with Gasteiger partial charge < -0.3 is 18.9 Å². The van der Waals surface area contributed by atoms with Gasteiger partial charge in [0.25, 0.3) is 0 Å². The van der Waals surface area contributed by atoms with Crippen LogP contribution in [0.2, 0.25) is 0 Å². The molecule has 0 saturated heterocycles. The van der Waals surface area contributed by atoms with Crippen molar-refractivity contribution >= 4 is 5.78 Å². The number of Topliss-reactive ketones (excluding diaryl/α,β-unsaturated/α-hetero) is 1. The van der Waals surface area contributed by atoms with Crippen LogP contribution in [-0.4, -0.2) is 20.0 Å². The molecule has 196 valence electrons. The van der Waals surface area contributed by atoms with E-state index in [1.807, 2.05) is 125 Å². The van der Waals surface area contributed by atoms with Crippen molar-refractivity contribution in [1.29, 1.82) is 0 Å². The van der Waals surface area contributed by atoms with Crippen molar-refractivity contribution in [3.05, 3.63) is 108 Å². The van der Waals surface area contributed by atoms with Gasteiger partial charge in [0.1, 0.15) is 34.5 Å². The maximum atomic E-state index is 14.6. The summed E-state index contributed by atoms with van der Waals surface area (Å²) in [4.78, 5) is 14.6. The highest BCUT2D eigenvalue weighted by Crippen LogP contribution is 2.48. The van der Waals surface area contributed by atoms with Crippen molar-refractivity contribution in [2.45, 2.75) is 38.5 Å². The second kappa shape index (κ2) is 11.0. The number of hydrogen-bond donors (Lipinski definition) is 0. The number of carbonyl (C=O) groups is 1. The highest BCUT2D eigenvalue weighted by atomic mass is 16.5. The second-order valence-electron chi connectivity index (χ2n) is 10.1. The molecule has 0 aliphatic rings. The van der Waals surface area contributed by atoms with E-state index in [4.69, 9.17) is 18.9 Å². The van der Waals surface area contributed by atoms with E-state index >= 15 is 0 Å². The fourth-order valence-electron chi connectivity index (χ4n) is 5.00. The summed E-state index contributed by atoms with van der Waals surface area (Å²) in [5, 5.41) is 0. The molecule has 4 aromatic rings. The van der Waals surface area contributed by atoms with Gasteiger partial charge in [-0.1, -0.05) is 48.5 Å². The first-order valence-corrected chi connectivity index (χ1v) is 12.6. The maximum Gasteiger partial charge on any atom is 0.153 e. The van der Waals surface area contributed by atoms with E-state index in [2.05, 4.69) is 0 Å². The van der Waals surface area contributed by atoms with E-state index in [1.165, 1.54) is 0 Å². The highest BCUT2D eigenvalue weighted by Gasteiger charge is 2.46. The van der Waals surface area contributed by atoms with Crippen LogP contribution in [-0.2, 0) is 15.6 Å². The van der Waals surface area contributed by atoms with E-state index in [0.29, 0.717) is 45.6 Å². The molecule has 5 nitrogen and oxygen atoms in total. The molecule has 5 heteroatoms. The Morgan fingerprint density at radius 3 is 1.18 bits per heavy atom. The number of hydrogen-bond acceptors (Lipinski definition) is 5. The van der Waals surface area contributed by atoms with Gasteiger partial charge in [0.15, 0.2) is 5.78 Å². The fourth-order valence-corrected chi connectivity index (χ4v) is 5.00. The molecule has 38 heavy (non-hydrogen) atoms. The Morgan fingerprint density at radius 1 is 0.500 bits per heavy atom. The number of methoxy groups -OCH3 is 2. The van der Waals surface area contributed by atoms with Crippen LogP contribution in [0.5, 0.6) is 34.5 Å². The predicted octanol–water partition coefficient (Wildman–Crippen LogP) is 8.11. The second-order valence-corrected chi connectivity index (χ2v) is 10.1. The molecule has 0 spiro atoms. The molecule has 0 bridgehead atoms. The predicted molar refractivity (Wildman–Crippen MR) is 150 cm³/mol. The lowest BCUT2D eigenvalue weighted by Gasteiger charge is -2.36. The Balaban J connectivity index is 1.82. The quantitative estimate of drug-likeness (QED) is 0.216. The maximum absolute atomic E-state index is 14.6. The lowest BCUT2D eigenvalue weighted by atomic mass is 9.66. The van der Waals surface area contributed by atoms with Crippen LogP contribution >= 0.6 is 0 Å². The van der Waals surface area contributed by atoms with Crippen molar-refractivity contribution in [2.75, 3.05) is 14.2 Å². The van der Waals surface area contributed by atoms with Crippen molar-refractivity contribution in [1.82, 2.24) is 0 Å². The fraction of sp³-hybridized carbons (Fsp3) is 0.242. The minimum Gasteiger partial charge on any atom is -0.496 e. The van der Waals surface area contributed by atoms with Crippen LogP contribution < -0.4 is 18.9 Å². The largest absolute Gasteiger partial charge is 0.496 e. The Morgan fingerprint density at radius 2 is 0.842 bits per heavy atom. The van der Waals surface area contributed by atoms with Crippen LogP contribution in [0.25, 0.3) is 0 Å². The summed E-state index contributed by atoms with van der Waals surface area (Å²) >= 11 is 0. The zero-order valence-corrected chi connectivity index (χ0v) is 22.8. The molecule has 0 aromatic heterocycles. The van der Waals surface area contributed by atoms with Gasteiger partial charge in [-0.25, -0.2) is 0 Å². The number of ether oxygens (including phenoxy) is 4. The Labute approximate surface area is 225 Å². The van der Waals surface area contributed by atoms with Crippen LogP contribution in [0.4, 0.5) is 0 Å². The Kier molecular flexibility index (Phi) is 7.77. The van der Waals surface area contributed by atoms with Crippen LogP contribution in [0.15, 0.2) is 97.1 Å². The SMILES string of the molecule is COc1cccc(Oc2ccccc2)c1C(C)(C)C(=O)C(C)(C)c1c(OC)cccc1Oc1ccccc1. The Hall–Kier alpha value is -4.25. The first-order chi connectivity index (χ1) is 18.2. The summed E-state index contributed by atoms with van der Waals surface area (Å²) in [5.41, 5.74) is -0.675. The number of ketones is 1. The number of carbonyl (C=O) groups excluding carboxylic acids is 1. The number of rotatable bonds is 10. The van der Waals surface area contributed by atoms with Gasteiger partial charge in [-0.3, -0.25) is 4.79 Å². The van der Waals surface area contributed by atoms with Crippen molar-refractivity contribution in [3.63, 3.8) is 0 Å². The van der Waals surface area contributed by atoms with E-state index in [0.717, 1.165) is 0 Å². The van der Waals surface area contributed by atoms with Crippen LogP contribution in [0.3, 0.4) is 0 Å². The van der Waals surface area contributed by atoms with E-state index < -0.39 is 10.8 Å². The average molecular weight is 511 g/mol. The molecule has 0 aliphatic carbocycles. The summed E-state index contributed by atoms with van der Waals surface area (Å²) < 4.78 is 24.0. The third-order valence-electron chi connectivity index (χ3n) is 6.74. The minimum absolute atomic E-state index is 0.0465. The van der Waals surface area contributed by atoms with E-state index in [-0.39, 0.29) is 5.78 Å². The molecule has 4 rings (SSSR count). The van der Waals surface area contributed by atoms with Gasteiger partial charge in [-0.2, -0.15) is 0 Å². The zero-order chi connectivity index (χ0) is 27.3. The van der Waals surface area contributed by atoms with Crippen LogP contribution in [0, 0.1) is 0 Å². The summed E-state index contributed by atoms with van der Waals surface area (Å²) in [6.45, 7) is 7.61. The highest BCUT2D eigenvalue weighted by molar-refractivity contribution is 6.00. The molecular weight excluding hydrogens is 476 g/mol. The van der Waals surface area contributed by atoms with E-state index in [1.54, 1.807) is 14.2 Å². The van der Waals surface area contributed by atoms with Gasteiger partial charge >= 0.3 is 0 Å². The van der Waals surface area contributed by atoms with Crippen molar-refractivity contribution in [2.24, 2.45) is 0 Å². The molecule has 0 amide bonds. The Bertz CT molecular complexity index is 1280. The lowest BCUT2D eigenvalue weighted by molar-refractivity contribution is -0.128. The summed E-state index contributed by atoms with van der Waals surface area (Å²) in [6, 6.07) is 30.1. The number of benzene rings is 4. The molecule has 0 atom stereocenters. The summed E-state index contributed by atoms with van der Waals surface area (Å²) in [6.07, 6.45) is 0. The van der Waals surface area contributed by atoms with Crippen molar-refractivity contribution in [3.8, 4) is 34.5 Å². The smallest absolute Gasteiger partial charge is 0.153 e. The molecular formula is C33H34O5.